The summed E-state index contributed by atoms with van der Waals surface area (Å²) in [5, 5.41) is 13.0. The minimum atomic E-state index is -0.749. The van der Waals surface area contributed by atoms with Crippen molar-refractivity contribution in [2.75, 3.05) is 32.8 Å². The molecule has 1 aromatic carbocycles. The van der Waals surface area contributed by atoms with Gasteiger partial charge in [0, 0.05) is 26.2 Å². The lowest BCUT2D eigenvalue weighted by molar-refractivity contribution is -0.134. The molecule has 0 spiro atoms. The minimum Gasteiger partial charge on any atom is -0.490 e. The third-order valence-electron chi connectivity index (χ3n) is 4.25. The van der Waals surface area contributed by atoms with Crippen LogP contribution in [0, 0.1) is 0 Å². The maximum atomic E-state index is 12.3. The average Bonchev–Trinajstić information content (AvgIpc) is 2.61. The van der Waals surface area contributed by atoms with E-state index in [2.05, 4.69) is 5.32 Å². The highest BCUT2D eigenvalue weighted by Crippen LogP contribution is 2.28. The van der Waals surface area contributed by atoms with Crippen molar-refractivity contribution in [3.8, 4) is 11.5 Å². The first-order valence-electron chi connectivity index (χ1n) is 9.48. The zero-order chi connectivity index (χ0) is 19.0. The van der Waals surface area contributed by atoms with Gasteiger partial charge in [-0.25, -0.2) is 0 Å². The van der Waals surface area contributed by atoms with Gasteiger partial charge in [-0.1, -0.05) is 6.07 Å². The van der Waals surface area contributed by atoms with E-state index in [0.29, 0.717) is 31.2 Å². The highest BCUT2D eigenvalue weighted by molar-refractivity contribution is 5.78. The standard InChI is InChI=1S/C20H32N2O4/c1-4-25-18-12-16(13-21-15-20(2,3)24)8-9-17(18)26-14-19(23)22-10-6-5-7-11-22/h8-9,12,21,24H,4-7,10-11,13-15H2,1-3H3. The van der Waals surface area contributed by atoms with E-state index in [1.165, 1.54) is 6.42 Å². The largest absolute Gasteiger partial charge is 0.490 e. The molecular weight excluding hydrogens is 332 g/mol. The number of hydrogen-bond donors (Lipinski definition) is 2. The Hall–Kier alpha value is -1.79. The number of ether oxygens (including phenoxy) is 2. The van der Waals surface area contributed by atoms with Crippen LogP contribution >= 0.6 is 0 Å². The summed E-state index contributed by atoms with van der Waals surface area (Å²) in [5.41, 5.74) is 0.285. The predicted octanol–water partition coefficient (Wildman–Crippen LogP) is 2.34. The van der Waals surface area contributed by atoms with Crippen molar-refractivity contribution in [1.82, 2.24) is 10.2 Å². The summed E-state index contributed by atoms with van der Waals surface area (Å²) in [4.78, 5) is 14.1. The average molecular weight is 364 g/mol. The van der Waals surface area contributed by atoms with Gasteiger partial charge in [0.05, 0.1) is 12.2 Å². The SMILES string of the molecule is CCOc1cc(CNCC(C)(C)O)ccc1OCC(=O)N1CCCCC1. The van der Waals surface area contributed by atoms with Crippen LogP contribution in [0.3, 0.4) is 0 Å². The van der Waals surface area contributed by atoms with Crippen LogP contribution in [-0.4, -0.2) is 54.4 Å². The summed E-state index contributed by atoms with van der Waals surface area (Å²) in [6.07, 6.45) is 3.34. The van der Waals surface area contributed by atoms with Gasteiger partial charge in [-0.05, 0) is 57.7 Å². The van der Waals surface area contributed by atoms with Crippen molar-refractivity contribution < 1.29 is 19.4 Å². The number of rotatable bonds is 9. The molecule has 1 fully saturated rings. The van der Waals surface area contributed by atoms with Crippen molar-refractivity contribution in [3.05, 3.63) is 23.8 Å². The Bertz CT molecular complexity index is 578. The topological polar surface area (TPSA) is 71.0 Å². The van der Waals surface area contributed by atoms with Gasteiger partial charge in [-0.2, -0.15) is 0 Å². The number of carbonyl (C=O) groups is 1. The van der Waals surface area contributed by atoms with E-state index in [1.54, 1.807) is 13.8 Å². The van der Waals surface area contributed by atoms with Crippen LogP contribution in [0.2, 0.25) is 0 Å². The van der Waals surface area contributed by atoms with Crippen molar-refractivity contribution in [2.45, 2.75) is 52.2 Å². The molecule has 146 valence electrons. The van der Waals surface area contributed by atoms with Crippen molar-refractivity contribution >= 4 is 5.91 Å². The van der Waals surface area contributed by atoms with Gasteiger partial charge in [0.15, 0.2) is 18.1 Å². The van der Waals surface area contributed by atoms with E-state index in [1.807, 2.05) is 30.0 Å². The maximum absolute atomic E-state index is 12.3. The summed E-state index contributed by atoms with van der Waals surface area (Å²) in [6.45, 7) is 8.79. The van der Waals surface area contributed by atoms with Gasteiger partial charge in [-0.3, -0.25) is 4.79 Å². The fourth-order valence-corrected chi connectivity index (χ4v) is 2.94. The van der Waals surface area contributed by atoms with E-state index >= 15 is 0 Å². The van der Waals surface area contributed by atoms with Crippen molar-refractivity contribution in [3.63, 3.8) is 0 Å². The molecule has 0 saturated carbocycles. The lowest BCUT2D eigenvalue weighted by atomic mass is 10.1. The molecule has 0 radical (unpaired) electrons. The lowest BCUT2D eigenvalue weighted by Crippen LogP contribution is -2.38. The number of aliphatic hydroxyl groups is 1. The molecule has 0 aliphatic carbocycles. The Morgan fingerprint density at radius 1 is 1.19 bits per heavy atom. The van der Waals surface area contributed by atoms with E-state index in [4.69, 9.17) is 9.47 Å². The first-order chi connectivity index (χ1) is 12.4. The Labute approximate surface area is 156 Å². The van der Waals surface area contributed by atoms with E-state index in [-0.39, 0.29) is 12.5 Å². The number of piperidine rings is 1. The van der Waals surface area contributed by atoms with Crippen LogP contribution in [0.15, 0.2) is 18.2 Å². The molecule has 1 aromatic rings. The first-order valence-corrected chi connectivity index (χ1v) is 9.48. The Morgan fingerprint density at radius 2 is 1.92 bits per heavy atom. The molecule has 0 atom stereocenters. The van der Waals surface area contributed by atoms with Crippen molar-refractivity contribution in [2.24, 2.45) is 0 Å². The lowest BCUT2D eigenvalue weighted by Gasteiger charge is -2.26. The Morgan fingerprint density at radius 3 is 2.58 bits per heavy atom. The molecule has 6 nitrogen and oxygen atoms in total. The second-order valence-corrected chi connectivity index (χ2v) is 7.36. The molecule has 0 bridgehead atoms. The minimum absolute atomic E-state index is 0.0306. The molecule has 1 aliphatic heterocycles. The summed E-state index contributed by atoms with van der Waals surface area (Å²) in [7, 11) is 0. The smallest absolute Gasteiger partial charge is 0.260 e. The number of carbonyl (C=O) groups excluding carboxylic acids is 1. The highest BCUT2D eigenvalue weighted by Gasteiger charge is 2.18. The normalized spacial score (nSPS) is 15.0. The predicted molar refractivity (Wildman–Crippen MR) is 102 cm³/mol. The van der Waals surface area contributed by atoms with Crippen LogP contribution in [0.4, 0.5) is 0 Å². The third-order valence-corrected chi connectivity index (χ3v) is 4.25. The fourth-order valence-electron chi connectivity index (χ4n) is 2.94. The number of amides is 1. The molecule has 1 aliphatic rings. The third kappa shape index (κ3) is 6.84. The van der Waals surface area contributed by atoms with Gasteiger partial charge >= 0.3 is 0 Å². The molecule has 2 rings (SSSR count). The zero-order valence-corrected chi connectivity index (χ0v) is 16.2. The van der Waals surface area contributed by atoms with Gasteiger partial charge in [0.2, 0.25) is 0 Å². The number of nitrogens with one attached hydrogen (secondary N) is 1. The number of hydrogen-bond acceptors (Lipinski definition) is 5. The number of likely N-dealkylation sites (tertiary alicyclic amines) is 1. The number of benzene rings is 1. The molecule has 1 saturated heterocycles. The number of nitrogens with zero attached hydrogens (tertiary/aromatic N) is 1. The molecule has 1 amide bonds. The van der Waals surface area contributed by atoms with Crippen LogP contribution in [-0.2, 0) is 11.3 Å². The molecule has 2 N–H and O–H groups in total. The second-order valence-electron chi connectivity index (χ2n) is 7.36. The molecule has 0 unspecified atom stereocenters. The fraction of sp³-hybridized carbons (Fsp3) is 0.650. The van der Waals surface area contributed by atoms with Crippen molar-refractivity contribution in [1.29, 1.82) is 0 Å². The quantitative estimate of drug-likeness (QED) is 0.704. The van der Waals surface area contributed by atoms with Gasteiger partial charge in [-0.15, -0.1) is 0 Å². The summed E-state index contributed by atoms with van der Waals surface area (Å²) < 4.78 is 11.4. The summed E-state index contributed by atoms with van der Waals surface area (Å²) >= 11 is 0. The van der Waals surface area contributed by atoms with Crippen LogP contribution in [0.5, 0.6) is 11.5 Å². The molecule has 6 heteroatoms. The highest BCUT2D eigenvalue weighted by atomic mass is 16.5. The van der Waals surface area contributed by atoms with Gasteiger partial charge < -0.3 is 24.8 Å². The first kappa shape index (κ1) is 20.5. The zero-order valence-electron chi connectivity index (χ0n) is 16.2. The molecular formula is C20H32N2O4. The van der Waals surface area contributed by atoms with Crippen LogP contribution in [0.1, 0.15) is 45.6 Å². The summed E-state index contributed by atoms with van der Waals surface area (Å²) in [6, 6.07) is 5.71. The van der Waals surface area contributed by atoms with E-state index in [0.717, 1.165) is 31.5 Å². The molecule has 1 heterocycles. The Balaban J connectivity index is 1.93. The second kappa shape index (κ2) is 9.78. The van der Waals surface area contributed by atoms with Gasteiger partial charge in [0.1, 0.15) is 0 Å². The Kier molecular flexibility index (Phi) is 7.72. The molecule has 26 heavy (non-hydrogen) atoms. The van der Waals surface area contributed by atoms with E-state index < -0.39 is 5.60 Å². The van der Waals surface area contributed by atoms with E-state index in [9.17, 15) is 9.90 Å². The maximum Gasteiger partial charge on any atom is 0.260 e. The van der Waals surface area contributed by atoms with Crippen LogP contribution < -0.4 is 14.8 Å². The monoisotopic (exact) mass is 364 g/mol. The van der Waals surface area contributed by atoms with Gasteiger partial charge in [0.25, 0.3) is 5.91 Å². The molecule has 0 aromatic heterocycles. The van der Waals surface area contributed by atoms with Crippen LogP contribution in [0.25, 0.3) is 0 Å². The summed E-state index contributed by atoms with van der Waals surface area (Å²) in [5.74, 6) is 1.26.